The fraction of sp³-hybridized carbons (Fsp3) is 0.667. The molecule has 6 nitrogen and oxygen atoms in total. The van der Waals surface area contributed by atoms with Crippen LogP contribution in [0.5, 0.6) is 0 Å². The number of hydrogen-bond acceptors (Lipinski definition) is 3. The van der Waals surface area contributed by atoms with Crippen LogP contribution in [0.2, 0.25) is 0 Å². The van der Waals surface area contributed by atoms with Crippen LogP contribution in [-0.2, 0) is 11.3 Å². The van der Waals surface area contributed by atoms with Crippen LogP contribution in [0.15, 0.2) is 18.2 Å². The number of anilines is 2. The van der Waals surface area contributed by atoms with Crippen LogP contribution < -0.4 is 15.5 Å². The van der Waals surface area contributed by atoms with E-state index in [1.165, 1.54) is 0 Å². The monoisotopic (exact) mass is 418 g/mol. The van der Waals surface area contributed by atoms with E-state index >= 15 is 0 Å². The number of hydrogen-bond donors (Lipinski definition) is 2. The number of nitrogens with one attached hydrogen (secondary N) is 2. The average Bonchev–Trinajstić information content (AvgIpc) is 2.56. The number of carbonyl (C=O) groups is 2. The Kier molecular flexibility index (Phi) is 9.19. The van der Waals surface area contributed by atoms with Crippen LogP contribution in [-0.4, -0.2) is 43.0 Å². The maximum Gasteiger partial charge on any atom is 0.318 e. The second-order valence-electron chi connectivity index (χ2n) is 10.2. The molecule has 170 valence electrons. The van der Waals surface area contributed by atoms with Crippen molar-refractivity contribution in [2.24, 2.45) is 11.3 Å². The van der Waals surface area contributed by atoms with Crippen LogP contribution in [0.1, 0.15) is 67.4 Å². The zero-order chi connectivity index (χ0) is 23.2. The minimum Gasteiger partial charge on any atom is -0.377 e. The standard InChI is InChI=1S/C24H42N4O2/c1-16(2)18(5)28(23(30)25-17(3)4)15-19-13-20(11-12-21(19)27(9)10)26-22(29)14-24(6,7)8/h11-13,16-18H,14-15H2,1-10H3,(H,25,30)(H,26,29)/t18-/m0/s1. The van der Waals surface area contributed by atoms with Crippen molar-refractivity contribution in [1.29, 1.82) is 0 Å². The van der Waals surface area contributed by atoms with Gasteiger partial charge < -0.3 is 20.4 Å². The van der Waals surface area contributed by atoms with Gasteiger partial charge in [0.25, 0.3) is 0 Å². The summed E-state index contributed by atoms with van der Waals surface area (Å²) in [4.78, 5) is 29.3. The Balaban J connectivity index is 3.23. The molecule has 1 atom stereocenters. The number of carbonyl (C=O) groups excluding carboxylic acids is 2. The maximum atomic E-state index is 12.9. The molecule has 0 spiro atoms. The first-order valence-corrected chi connectivity index (χ1v) is 10.9. The molecule has 0 aliphatic rings. The number of rotatable bonds is 8. The summed E-state index contributed by atoms with van der Waals surface area (Å²) < 4.78 is 0. The minimum atomic E-state index is -0.0745. The predicted molar refractivity (Wildman–Crippen MR) is 127 cm³/mol. The highest BCUT2D eigenvalue weighted by Crippen LogP contribution is 2.27. The summed E-state index contributed by atoms with van der Waals surface area (Å²) in [5.74, 6) is 0.316. The van der Waals surface area contributed by atoms with Crippen molar-refractivity contribution in [2.45, 2.75) is 80.4 Å². The molecule has 0 aromatic heterocycles. The van der Waals surface area contributed by atoms with Gasteiger partial charge in [0.05, 0.1) is 0 Å². The predicted octanol–water partition coefficient (Wildman–Crippen LogP) is 5.09. The Morgan fingerprint density at radius 3 is 2.10 bits per heavy atom. The molecule has 1 aromatic rings. The van der Waals surface area contributed by atoms with E-state index in [-0.39, 0.29) is 29.4 Å². The molecular weight excluding hydrogens is 376 g/mol. The Morgan fingerprint density at radius 1 is 1.03 bits per heavy atom. The number of amides is 3. The molecule has 0 fully saturated rings. The molecule has 6 heteroatoms. The summed E-state index contributed by atoms with van der Waals surface area (Å²) in [6, 6.07) is 5.97. The van der Waals surface area contributed by atoms with Gasteiger partial charge in [0, 0.05) is 50.5 Å². The first-order chi connectivity index (χ1) is 13.7. The van der Waals surface area contributed by atoms with E-state index in [2.05, 4.69) is 31.4 Å². The molecule has 2 N–H and O–H groups in total. The lowest BCUT2D eigenvalue weighted by atomic mass is 9.92. The van der Waals surface area contributed by atoms with E-state index in [0.717, 1.165) is 16.9 Å². The van der Waals surface area contributed by atoms with Crippen molar-refractivity contribution in [2.75, 3.05) is 24.3 Å². The molecule has 1 aromatic carbocycles. The van der Waals surface area contributed by atoms with Crippen LogP contribution in [0.3, 0.4) is 0 Å². The van der Waals surface area contributed by atoms with Crippen molar-refractivity contribution in [3.63, 3.8) is 0 Å². The Bertz CT molecular complexity index is 720. The van der Waals surface area contributed by atoms with Gasteiger partial charge in [-0.3, -0.25) is 4.79 Å². The van der Waals surface area contributed by atoms with Crippen molar-refractivity contribution in [3.8, 4) is 0 Å². The zero-order valence-electron chi connectivity index (χ0n) is 20.6. The number of urea groups is 1. The van der Waals surface area contributed by atoms with Gasteiger partial charge in [-0.05, 0) is 55.9 Å². The second-order valence-corrected chi connectivity index (χ2v) is 10.2. The van der Waals surface area contributed by atoms with Crippen molar-refractivity contribution in [1.82, 2.24) is 10.2 Å². The first kappa shape index (κ1) is 25.8. The van der Waals surface area contributed by atoms with Gasteiger partial charge >= 0.3 is 6.03 Å². The molecule has 30 heavy (non-hydrogen) atoms. The van der Waals surface area contributed by atoms with Crippen LogP contribution >= 0.6 is 0 Å². The first-order valence-electron chi connectivity index (χ1n) is 10.9. The topological polar surface area (TPSA) is 64.7 Å². The average molecular weight is 419 g/mol. The van der Waals surface area contributed by atoms with E-state index in [0.29, 0.717) is 18.9 Å². The van der Waals surface area contributed by atoms with Crippen molar-refractivity contribution in [3.05, 3.63) is 23.8 Å². The third-order valence-electron chi connectivity index (χ3n) is 5.01. The van der Waals surface area contributed by atoms with E-state index in [4.69, 9.17) is 0 Å². The molecule has 0 aliphatic carbocycles. The highest BCUT2D eigenvalue weighted by Gasteiger charge is 2.25. The maximum absolute atomic E-state index is 12.9. The van der Waals surface area contributed by atoms with Crippen LogP contribution in [0.4, 0.5) is 16.2 Å². The molecule has 0 saturated carbocycles. The molecule has 0 bridgehead atoms. The molecule has 0 heterocycles. The van der Waals surface area contributed by atoms with Gasteiger partial charge in [-0.1, -0.05) is 34.6 Å². The lowest BCUT2D eigenvalue weighted by Crippen LogP contribution is -2.48. The molecule has 0 unspecified atom stereocenters. The molecule has 1 rings (SSSR count). The molecular formula is C24H42N4O2. The van der Waals surface area contributed by atoms with Crippen molar-refractivity contribution >= 4 is 23.3 Å². The molecule has 0 radical (unpaired) electrons. The summed E-state index contributed by atoms with van der Waals surface area (Å²) in [5.41, 5.74) is 2.71. The third kappa shape index (κ3) is 8.25. The Morgan fingerprint density at radius 2 is 1.63 bits per heavy atom. The zero-order valence-corrected chi connectivity index (χ0v) is 20.6. The molecule has 3 amide bonds. The van der Waals surface area contributed by atoms with E-state index in [1.807, 2.05) is 76.7 Å². The minimum absolute atomic E-state index is 0.00370. The van der Waals surface area contributed by atoms with Gasteiger partial charge in [0.2, 0.25) is 5.91 Å². The lowest BCUT2D eigenvalue weighted by Gasteiger charge is -2.34. The van der Waals surface area contributed by atoms with Gasteiger partial charge in [0.1, 0.15) is 0 Å². The van der Waals surface area contributed by atoms with Crippen LogP contribution in [0, 0.1) is 11.3 Å². The highest BCUT2D eigenvalue weighted by molar-refractivity contribution is 5.91. The van der Waals surface area contributed by atoms with Gasteiger partial charge in [0.15, 0.2) is 0 Å². The van der Waals surface area contributed by atoms with E-state index in [9.17, 15) is 9.59 Å². The SMILES string of the molecule is CC(C)NC(=O)N(Cc1cc(NC(=O)CC(C)(C)C)ccc1N(C)C)[C@@H](C)C(C)C. The third-order valence-corrected chi connectivity index (χ3v) is 5.01. The number of nitrogens with zero attached hydrogens (tertiary/aromatic N) is 2. The Labute approximate surface area is 183 Å². The second kappa shape index (κ2) is 10.7. The van der Waals surface area contributed by atoms with Crippen LogP contribution in [0.25, 0.3) is 0 Å². The van der Waals surface area contributed by atoms with Gasteiger partial charge in [-0.15, -0.1) is 0 Å². The fourth-order valence-electron chi connectivity index (χ4n) is 3.19. The van der Waals surface area contributed by atoms with Gasteiger partial charge in [-0.25, -0.2) is 4.79 Å². The largest absolute Gasteiger partial charge is 0.377 e. The smallest absolute Gasteiger partial charge is 0.318 e. The molecule has 0 aliphatic heterocycles. The fourth-order valence-corrected chi connectivity index (χ4v) is 3.19. The Hall–Kier alpha value is -2.24. The lowest BCUT2D eigenvalue weighted by molar-refractivity contribution is -0.117. The number of benzene rings is 1. The van der Waals surface area contributed by atoms with E-state index in [1.54, 1.807) is 0 Å². The highest BCUT2D eigenvalue weighted by atomic mass is 16.2. The van der Waals surface area contributed by atoms with E-state index < -0.39 is 0 Å². The summed E-state index contributed by atoms with van der Waals surface area (Å²) in [7, 11) is 3.97. The normalized spacial score (nSPS) is 12.7. The summed E-state index contributed by atoms with van der Waals surface area (Å²) in [6.07, 6.45) is 0.449. The quantitative estimate of drug-likeness (QED) is 0.618. The molecule has 0 saturated heterocycles. The summed E-state index contributed by atoms with van der Waals surface area (Å²) >= 11 is 0. The summed E-state index contributed by atoms with van der Waals surface area (Å²) in [5, 5.41) is 6.04. The van der Waals surface area contributed by atoms with Gasteiger partial charge in [-0.2, -0.15) is 0 Å². The van der Waals surface area contributed by atoms with Crippen molar-refractivity contribution < 1.29 is 9.59 Å². The summed E-state index contributed by atoms with van der Waals surface area (Å²) in [6.45, 7) is 16.9.